The molecule has 1 aliphatic heterocycles. The molecule has 0 fully saturated rings. The molecule has 0 radical (unpaired) electrons. The molecule has 0 saturated heterocycles. The summed E-state index contributed by atoms with van der Waals surface area (Å²) in [7, 11) is 3.13. The second-order valence-corrected chi connectivity index (χ2v) is 7.06. The van der Waals surface area contributed by atoms with Gasteiger partial charge in [-0.3, -0.25) is 14.6 Å². The van der Waals surface area contributed by atoms with Crippen molar-refractivity contribution in [2.45, 2.75) is 20.3 Å². The number of ether oxygens (including phenoxy) is 2. The van der Waals surface area contributed by atoms with E-state index in [0.717, 1.165) is 16.5 Å². The first-order valence-electron chi connectivity index (χ1n) is 9.72. The number of anilines is 1. The Morgan fingerprint density at radius 2 is 1.65 bits per heavy atom. The minimum absolute atomic E-state index is 0.299. The summed E-state index contributed by atoms with van der Waals surface area (Å²) in [5.74, 6) is 0.974. The Morgan fingerprint density at radius 1 is 0.935 bits per heavy atom. The fourth-order valence-corrected chi connectivity index (χ4v) is 3.73. The summed E-state index contributed by atoms with van der Waals surface area (Å²) in [6.07, 6.45) is 1.93. The number of nitrogens with zero attached hydrogens (tertiary/aromatic N) is 4. The van der Waals surface area contributed by atoms with Crippen LogP contribution < -0.4 is 14.5 Å². The van der Waals surface area contributed by atoms with Crippen LogP contribution in [0.15, 0.2) is 53.7 Å². The van der Waals surface area contributed by atoms with Crippen molar-refractivity contribution >= 4 is 39.9 Å². The summed E-state index contributed by atoms with van der Waals surface area (Å²) in [6.45, 7) is 2.84. The molecule has 4 rings (SSSR count). The van der Waals surface area contributed by atoms with Crippen LogP contribution in [0, 0.1) is 0 Å². The number of methoxy groups -OCH3 is 2. The van der Waals surface area contributed by atoms with E-state index in [-0.39, 0.29) is 11.8 Å². The number of amidine groups is 1. The van der Waals surface area contributed by atoms with E-state index in [1.807, 2.05) is 36.4 Å². The summed E-state index contributed by atoms with van der Waals surface area (Å²) < 4.78 is 10.7. The van der Waals surface area contributed by atoms with Crippen LogP contribution in [-0.4, -0.2) is 41.9 Å². The van der Waals surface area contributed by atoms with Crippen LogP contribution in [0.3, 0.4) is 0 Å². The maximum Gasteiger partial charge on any atom is 0.244 e. The van der Waals surface area contributed by atoms with Gasteiger partial charge in [0.2, 0.25) is 11.8 Å². The van der Waals surface area contributed by atoms with E-state index in [0.29, 0.717) is 35.1 Å². The second kappa shape index (κ2) is 8.06. The highest BCUT2D eigenvalue weighted by Gasteiger charge is 2.34. The van der Waals surface area contributed by atoms with Crippen molar-refractivity contribution in [3.8, 4) is 11.5 Å². The Balaban J connectivity index is 1.87. The number of carbonyl (C=O) groups excluding carboxylic acids is 2. The quantitative estimate of drug-likeness (QED) is 0.646. The molecule has 0 N–H and O–H groups in total. The molecule has 2 heterocycles. The van der Waals surface area contributed by atoms with Gasteiger partial charge in [-0.05, 0) is 23.8 Å². The summed E-state index contributed by atoms with van der Waals surface area (Å²) in [5.41, 5.74) is 2.64. The number of hydrogen-bond acceptors (Lipinski definition) is 6. The van der Waals surface area contributed by atoms with Crippen molar-refractivity contribution in [1.82, 2.24) is 9.99 Å². The summed E-state index contributed by atoms with van der Waals surface area (Å²) >= 11 is 0. The highest BCUT2D eigenvalue weighted by Crippen LogP contribution is 2.40. The summed E-state index contributed by atoms with van der Waals surface area (Å²) in [4.78, 5) is 34.6. The smallest absolute Gasteiger partial charge is 0.244 e. The largest absolute Gasteiger partial charge is 0.493 e. The van der Waals surface area contributed by atoms with Crippen molar-refractivity contribution < 1.29 is 19.1 Å². The third-order valence-corrected chi connectivity index (χ3v) is 5.04. The summed E-state index contributed by atoms with van der Waals surface area (Å²) in [6, 6.07) is 12.9. The third-order valence-electron chi connectivity index (χ3n) is 5.04. The summed E-state index contributed by atoms with van der Waals surface area (Å²) in [5, 5.41) is 3.45. The van der Waals surface area contributed by atoms with Crippen LogP contribution in [0.25, 0.3) is 10.9 Å². The van der Waals surface area contributed by atoms with Crippen LogP contribution in [0.1, 0.15) is 19.4 Å². The van der Waals surface area contributed by atoms with Crippen LogP contribution in [0.5, 0.6) is 11.5 Å². The maximum absolute atomic E-state index is 12.7. The van der Waals surface area contributed by atoms with Gasteiger partial charge in [0.15, 0.2) is 11.5 Å². The van der Waals surface area contributed by atoms with Gasteiger partial charge < -0.3 is 9.47 Å². The number of aliphatic imine (C=N–C) groups is 1. The zero-order valence-electron chi connectivity index (χ0n) is 17.7. The number of para-hydroxylation sites is 1. The lowest BCUT2D eigenvalue weighted by Gasteiger charge is -2.38. The molecule has 158 valence electrons. The third kappa shape index (κ3) is 3.56. The molecule has 2 amide bonds. The number of pyridine rings is 1. The minimum Gasteiger partial charge on any atom is -0.493 e. The van der Waals surface area contributed by atoms with Crippen molar-refractivity contribution in [3.63, 3.8) is 0 Å². The first kappa shape index (κ1) is 20.3. The second-order valence-electron chi connectivity index (χ2n) is 7.06. The van der Waals surface area contributed by atoms with E-state index in [4.69, 9.17) is 14.5 Å². The Labute approximate surface area is 179 Å². The highest BCUT2D eigenvalue weighted by atomic mass is 16.5. The molecule has 0 bridgehead atoms. The first-order chi connectivity index (χ1) is 14.9. The normalized spacial score (nSPS) is 13.0. The van der Waals surface area contributed by atoms with Gasteiger partial charge in [-0.25, -0.2) is 10.0 Å². The van der Waals surface area contributed by atoms with Gasteiger partial charge in [0, 0.05) is 25.7 Å². The number of carbonyl (C=O) groups is 2. The molecule has 8 nitrogen and oxygen atoms in total. The molecule has 2 aromatic carbocycles. The van der Waals surface area contributed by atoms with Crippen molar-refractivity contribution in [2.24, 2.45) is 4.99 Å². The van der Waals surface area contributed by atoms with Crippen LogP contribution in [0.4, 0.5) is 11.4 Å². The minimum atomic E-state index is -0.319. The Morgan fingerprint density at radius 3 is 2.32 bits per heavy atom. The number of hydrazine groups is 1. The highest BCUT2D eigenvalue weighted by molar-refractivity contribution is 6.15. The van der Waals surface area contributed by atoms with Gasteiger partial charge in [-0.2, -0.15) is 5.01 Å². The van der Waals surface area contributed by atoms with Gasteiger partial charge in [-0.15, -0.1) is 0 Å². The monoisotopic (exact) mass is 418 g/mol. The van der Waals surface area contributed by atoms with E-state index in [1.54, 1.807) is 26.5 Å². The van der Waals surface area contributed by atoms with Crippen molar-refractivity contribution in [1.29, 1.82) is 0 Å². The molecule has 1 aromatic heterocycles. The molecular weight excluding hydrogens is 396 g/mol. The number of benzene rings is 2. The zero-order valence-corrected chi connectivity index (χ0v) is 17.7. The average molecular weight is 418 g/mol. The Bertz CT molecular complexity index is 1220. The van der Waals surface area contributed by atoms with E-state index in [1.165, 1.54) is 23.9 Å². The standard InChI is InChI=1S/C23H22N4O4/c1-14(28)26-22(12-16-9-10-20(30-3)21(11-16)31-4)25-19-13-24-18-8-6-5-7-17(18)23(19)27(26)15(2)29/h5-11,13H,12H2,1-4H3. The van der Waals surface area contributed by atoms with Crippen LogP contribution >= 0.6 is 0 Å². The lowest BCUT2D eigenvalue weighted by atomic mass is 10.1. The molecule has 3 aromatic rings. The lowest BCUT2D eigenvalue weighted by Crippen LogP contribution is -2.54. The molecule has 1 aliphatic rings. The number of hydrogen-bond donors (Lipinski definition) is 0. The molecular formula is C23H22N4O4. The zero-order chi connectivity index (χ0) is 22.1. The van der Waals surface area contributed by atoms with Crippen molar-refractivity contribution in [3.05, 3.63) is 54.2 Å². The fourth-order valence-electron chi connectivity index (χ4n) is 3.73. The van der Waals surface area contributed by atoms with E-state index < -0.39 is 0 Å². The van der Waals surface area contributed by atoms with E-state index >= 15 is 0 Å². The molecule has 0 atom stereocenters. The maximum atomic E-state index is 12.7. The van der Waals surface area contributed by atoms with Gasteiger partial charge in [-0.1, -0.05) is 24.3 Å². The molecule has 0 aliphatic carbocycles. The number of aromatic nitrogens is 1. The molecule has 8 heteroatoms. The Kier molecular flexibility index (Phi) is 5.29. The molecule has 31 heavy (non-hydrogen) atoms. The molecule has 0 unspecified atom stereocenters. The lowest BCUT2D eigenvalue weighted by molar-refractivity contribution is -0.130. The molecule has 0 spiro atoms. The number of amides is 2. The van der Waals surface area contributed by atoms with Crippen molar-refractivity contribution in [2.75, 3.05) is 19.2 Å². The van der Waals surface area contributed by atoms with E-state index in [2.05, 4.69) is 4.98 Å². The Hall–Kier alpha value is -3.94. The van der Waals surface area contributed by atoms with Gasteiger partial charge in [0.25, 0.3) is 0 Å². The fraction of sp³-hybridized carbons (Fsp3) is 0.217. The predicted octanol–water partition coefficient (Wildman–Crippen LogP) is 3.65. The van der Waals surface area contributed by atoms with Gasteiger partial charge >= 0.3 is 0 Å². The van der Waals surface area contributed by atoms with Gasteiger partial charge in [0.1, 0.15) is 17.2 Å². The molecule has 0 saturated carbocycles. The average Bonchev–Trinajstić information content (AvgIpc) is 2.77. The van der Waals surface area contributed by atoms with E-state index in [9.17, 15) is 9.59 Å². The SMILES string of the molecule is COc1ccc(CC2=Nc3cnc4ccccc4c3N(C(C)=O)N2C(C)=O)cc1OC. The predicted molar refractivity (Wildman–Crippen MR) is 118 cm³/mol. The van der Waals surface area contributed by atoms with Gasteiger partial charge in [0.05, 0.1) is 25.9 Å². The number of rotatable bonds is 4. The number of fused-ring (bicyclic) bond motifs is 3. The van der Waals surface area contributed by atoms with Crippen LogP contribution in [0.2, 0.25) is 0 Å². The first-order valence-corrected chi connectivity index (χ1v) is 9.72. The van der Waals surface area contributed by atoms with Crippen LogP contribution in [-0.2, 0) is 16.0 Å². The topological polar surface area (TPSA) is 84.3 Å².